The number of aromatic nitrogens is 2. The highest BCUT2D eigenvalue weighted by atomic mass is 19.4. The number of amides is 4. The molecule has 274 valence electrons. The van der Waals surface area contributed by atoms with Crippen LogP contribution < -0.4 is 16.0 Å². The van der Waals surface area contributed by atoms with E-state index in [-0.39, 0.29) is 25.3 Å². The van der Waals surface area contributed by atoms with Crippen LogP contribution in [-0.4, -0.2) is 93.2 Å². The number of nitrogens with zero attached hydrogens (tertiary/aromatic N) is 3. The first kappa shape index (κ1) is 39.9. The zero-order valence-electron chi connectivity index (χ0n) is 28.2. The van der Waals surface area contributed by atoms with Gasteiger partial charge < -0.3 is 25.6 Å². The summed E-state index contributed by atoms with van der Waals surface area (Å²) in [6.45, 7) is 7.57. The van der Waals surface area contributed by atoms with Crippen LogP contribution in [0, 0.1) is 11.8 Å². The Labute approximate surface area is 285 Å². The van der Waals surface area contributed by atoms with E-state index in [0.29, 0.717) is 0 Å². The monoisotopic (exact) mass is 712 g/mol. The Hall–Kier alpha value is -4.54. The summed E-state index contributed by atoms with van der Waals surface area (Å²) in [6.07, 6.45) is -3.88. The van der Waals surface area contributed by atoms with Gasteiger partial charge in [0.2, 0.25) is 23.5 Å². The predicted octanol–water partition coefficient (Wildman–Crippen LogP) is 3.22. The average Bonchev–Trinajstić information content (AvgIpc) is 3.51. The molecule has 1 fully saturated rings. The van der Waals surface area contributed by atoms with Gasteiger partial charge in [-0.15, -0.1) is 0 Å². The predicted molar refractivity (Wildman–Crippen MR) is 168 cm³/mol. The number of benzene rings is 1. The van der Waals surface area contributed by atoms with Crippen LogP contribution in [0.2, 0.25) is 0 Å². The van der Waals surface area contributed by atoms with Crippen LogP contribution in [0.25, 0.3) is 0 Å². The zero-order chi connectivity index (χ0) is 37.4. The number of hydrogen-bond donors (Lipinski definition) is 3. The van der Waals surface area contributed by atoms with Gasteiger partial charge >= 0.3 is 12.1 Å². The van der Waals surface area contributed by atoms with Gasteiger partial charge in [-0.25, -0.2) is 4.98 Å². The number of rotatable bonds is 15. The third kappa shape index (κ3) is 9.79. The van der Waals surface area contributed by atoms with Gasteiger partial charge in [0.1, 0.15) is 23.8 Å². The van der Waals surface area contributed by atoms with Crippen molar-refractivity contribution in [3.05, 3.63) is 60.2 Å². The summed E-state index contributed by atoms with van der Waals surface area (Å²) in [7, 11) is 0. The third-order valence-electron chi connectivity index (χ3n) is 8.15. The summed E-state index contributed by atoms with van der Waals surface area (Å²) in [5.74, 6) is -12.6. The molecule has 1 unspecified atom stereocenters. The van der Waals surface area contributed by atoms with Crippen LogP contribution in [0.4, 0.5) is 22.0 Å². The Morgan fingerprint density at radius 3 is 2.10 bits per heavy atom. The van der Waals surface area contributed by atoms with E-state index < -0.39 is 90.0 Å². The molecule has 5 atom stereocenters. The van der Waals surface area contributed by atoms with E-state index in [1.54, 1.807) is 58.0 Å². The van der Waals surface area contributed by atoms with Gasteiger partial charge in [-0.3, -0.25) is 29.0 Å². The number of Topliss-reactive ketones (excluding diaryl/α,β-unsaturated/α-hetero) is 1. The lowest BCUT2D eigenvalue weighted by molar-refractivity contribution is -0.269. The molecule has 12 nitrogen and oxygen atoms in total. The largest absolute Gasteiger partial charge is 0.461 e. The first-order chi connectivity index (χ1) is 23.4. The highest BCUT2D eigenvalue weighted by Crippen LogP contribution is 2.37. The Bertz CT molecular complexity index is 1490. The second kappa shape index (κ2) is 16.9. The molecule has 3 rings (SSSR count). The maximum Gasteiger partial charge on any atom is 0.461 e. The molecule has 1 saturated heterocycles. The number of carbonyl (C=O) groups excluding carboxylic acids is 5. The van der Waals surface area contributed by atoms with Crippen molar-refractivity contribution in [3.63, 3.8) is 0 Å². The van der Waals surface area contributed by atoms with Gasteiger partial charge in [0.05, 0.1) is 24.9 Å². The Balaban J connectivity index is 1.86. The smallest absolute Gasteiger partial charge is 0.372 e. The van der Waals surface area contributed by atoms with Crippen molar-refractivity contribution < 1.29 is 50.7 Å². The van der Waals surface area contributed by atoms with E-state index in [1.165, 1.54) is 18.6 Å². The minimum atomic E-state index is -6.18. The lowest BCUT2D eigenvalue weighted by Crippen LogP contribution is -2.60. The highest BCUT2D eigenvalue weighted by Gasteiger charge is 2.64. The van der Waals surface area contributed by atoms with Crippen LogP contribution in [0.15, 0.2) is 48.9 Å². The van der Waals surface area contributed by atoms with E-state index in [1.807, 2.05) is 5.32 Å². The lowest BCUT2D eigenvalue weighted by atomic mass is 9.98. The summed E-state index contributed by atoms with van der Waals surface area (Å²) in [5, 5.41) is 7.20. The topological polar surface area (TPSA) is 160 Å². The number of likely N-dealkylation sites (tertiary alicyclic amines) is 1. The number of hydrogen-bond acceptors (Lipinski definition) is 8. The van der Waals surface area contributed by atoms with Crippen molar-refractivity contribution in [2.45, 2.75) is 96.4 Å². The van der Waals surface area contributed by atoms with Crippen LogP contribution >= 0.6 is 0 Å². The summed E-state index contributed by atoms with van der Waals surface area (Å²) in [5.41, 5.74) is 0.714. The van der Waals surface area contributed by atoms with E-state index in [9.17, 15) is 45.9 Å². The molecular formula is C33H41F5N6O6. The number of ketones is 1. The summed E-state index contributed by atoms with van der Waals surface area (Å²) >= 11 is 0. The molecule has 50 heavy (non-hydrogen) atoms. The van der Waals surface area contributed by atoms with Gasteiger partial charge in [0.25, 0.3) is 5.91 Å². The van der Waals surface area contributed by atoms with Crippen LogP contribution in [-0.2, 0) is 30.5 Å². The molecule has 1 aromatic carbocycles. The van der Waals surface area contributed by atoms with Crippen molar-refractivity contribution in [1.82, 2.24) is 30.8 Å². The fourth-order valence-electron chi connectivity index (χ4n) is 5.28. The second-order valence-corrected chi connectivity index (χ2v) is 12.6. The summed E-state index contributed by atoms with van der Waals surface area (Å²) < 4.78 is 72.8. The quantitative estimate of drug-likeness (QED) is 0.238. The lowest BCUT2D eigenvalue weighted by Gasteiger charge is -2.32. The molecule has 1 aliphatic rings. The molecule has 1 aliphatic heterocycles. The van der Waals surface area contributed by atoms with Gasteiger partial charge in [-0.2, -0.15) is 22.0 Å². The Morgan fingerprint density at radius 2 is 1.56 bits per heavy atom. The fraction of sp³-hybridized carbons (Fsp3) is 0.545. The number of alkyl halides is 5. The maximum absolute atomic E-state index is 14.1. The Kier molecular flexibility index (Phi) is 13.5. The van der Waals surface area contributed by atoms with Crippen molar-refractivity contribution in [2.24, 2.45) is 11.8 Å². The van der Waals surface area contributed by atoms with Crippen LogP contribution in [0.1, 0.15) is 63.5 Å². The van der Waals surface area contributed by atoms with Crippen LogP contribution in [0.5, 0.6) is 0 Å². The molecule has 0 radical (unpaired) electrons. The number of ether oxygens (including phenoxy) is 1. The summed E-state index contributed by atoms with van der Waals surface area (Å²) in [6, 6.07) is 2.80. The molecule has 4 amide bonds. The van der Waals surface area contributed by atoms with Gasteiger partial charge in [0.15, 0.2) is 0 Å². The molecule has 17 heteroatoms. The van der Waals surface area contributed by atoms with Crippen molar-refractivity contribution >= 4 is 29.4 Å². The van der Waals surface area contributed by atoms with Gasteiger partial charge in [0, 0.05) is 25.4 Å². The van der Waals surface area contributed by atoms with E-state index >= 15 is 0 Å². The number of nitrogens with one attached hydrogen (secondary N) is 3. The number of carbonyl (C=O) groups is 5. The third-order valence-corrected chi connectivity index (χ3v) is 8.15. The van der Waals surface area contributed by atoms with E-state index in [2.05, 4.69) is 20.6 Å². The molecular weight excluding hydrogens is 671 g/mol. The average molecular weight is 713 g/mol. The van der Waals surface area contributed by atoms with Crippen molar-refractivity contribution in [2.75, 3.05) is 6.54 Å². The molecule has 0 aliphatic carbocycles. The number of halogens is 5. The summed E-state index contributed by atoms with van der Waals surface area (Å²) in [4.78, 5) is 75.0. The van der Waals surface area contributed by atoms with Crippen LogP contribution in [0.3, 0.4) is 0 Å². The molecule has 0 saturated carbocycles. The Morgan fingerprint density at radius 1 is 0.920 bits per heavy atom. The molecule has 2 aromatic rings. The molecule has 0 spiro atoms. The van der Waals surface area contributed by atoms with Crippen molar-refractivity contribution in [1.29, 1.82) is 0 Å². The van der Waals surface area contributed by atoms with Crippen molar-refractivity contribution in [3.8, 4) is 0 Å². The standard InChI is InChI=1S/C33H41F5N6O6/c1-6-22(27(45)32(34,35)33(36,37)38)41-29(47)24-14-21(50-17-20-10-8-7-9-11-20)16-44(24)31(49)26(19(4)5)43-30(48)25(18(2)3)42-28(46)23-15-39-12-13-40-23/h7-13,15,18-19,21-22,24-26H,6,14,16-17H2,1-5H3,(H,41,47)(H,42,46)(H,43,48)/t21-,22?,24+,25-,26-/m1/s1. The van der Waals surface area contributed by atoms with Gasteiger partial charge in [-0.05, 0) is 23.8 Å². The van der Waals surface area contributed by atoms with Gasteiger partial charge in [-0.1, -0.05) is 65.0 Å². The second-order valence-electron chi connectivity index (χ2n) is 12.6. The maximum atomic E-state index is 14.1. The fourth-order valence-corrected chi connectivity index (χ4v) is 5.28. The van der Waals surface area contributed by atoms with E-state index in [4.69, 9.17) is 4.74 Å². The minimum absolute atomic E-state index is 0.0493. The first-order valence-electron chi connectivity index (χ1n) is 16.0. The molecule has 1 aromatic heterocycles. The minimum Gasteiger partial charge on any atom is -0.372 e. The molecule has 2 heterocycles. The normalized spacial score (nSPS) is 18.4. The van der Waals surface area contributed by atoms with E-state index in [0.717, 1.165) is 17.4 Å². The zero-order valence-corrected chi connectivity index (χ0v) is 28.2. The SMILES string of the molecule is CCC(NC(=O)[C@@H]1C[C@@H](OCc2ccccc2)CN1C(=O)[C@H](NC(=O)[C@H](NC(=O)c1cnccn1)C(C)C)C(C)C)C(=O)C(F)(F)C(F)(F)F. The molecule has 3 N–H and O–H groups in total. The highest BCUT2D eigenvalue weighted by molar-refractivity contribution is 5.99. The molecule has 0 bridgehead atoms. The first-order valence-corrected chi connectivity index (χ1v) is 16.0.